The Morgan fingerprint density at radius 3 is 2.10 bits per heavy atom. The first-order valence-electron chi connectivity index (χ1n) is 9.43. The lowest BCUT2D eigenvalue weighted by atomic mass is 10.1. The lowest BCUT2D eigenvalue weighted by molar-refractivity contribution is -0.123. The number of carbonyl (C=O) groups is 2. The fourth-order valence-electron chi connectivity index (χ4n) is 2.59. The number of carbonyl (C=O) groups excluding carboxylic acids is 2. The van der Waals surface area contributed by atoms with E-state index in [1.165, 1.54) is 13.0 Å². The molecule has 8 heteroatoms. The molecule has 2 unspecified atom stereocenters. The van der Waals surface area contributed by atoms with Crippen molar-refractivity contribution in [3.05, 3.63) is 83.3 Å². The van der Waals surface area contributed by atoms with Gasteiger partial charge >= 0.3 is 6.09 Å². The Bertz CT molecular complexity index is 960. The minimum Gasteiger partial charge on any atom is -0.445 e. The van der Waals surface area contributed by atoms with Crippen LogP contribution in [-0.2, 0) is 32.4 Å². The number of nitrogens with one attached hydrogen (secondary N) is 2. The van der Waals surface area contributed by atoms with Crippen LogP contribution in [0.1, 0.15) is 18.1 Å². The van der Waals surface area contributed by atoms with Gasteiger partial charge in [0.15, 0.2) is 9.84 Å². The molecule has 0 saturated heterocycles. The van der Waals surface area contributed by atoms with Crippen molar-refractivity contribution in [1.29, 1.82) is 0 Å². The van der Waals surface area contributed by atoms with Gasteiger partial charge in [-0.2, -0.15) is 0 Å². The minimum absolute atomic E-state index is 0.0920. The van der Waals surface area contributed by atoms with Crippen LogP contribution < -0.4 is 10.6 Å². The van der Waals surface area contributed by atoms with Crippen molar-refractivity contribution in [3.8, 4) is 0 Å². The van der Waals surface area contributed by atoms with Crippen molar-refractivity contribution in [2.45, 2.75) is 32.0 Å². The molecule has 0 bridgehead atoms. The Balaban J connectivity index is 1.93. The zero-order chi connectivity index (χ0) is 22.0. The van der Waals surface area contributed by atoms with Crippen LogP contribution in [0, 0.1) is 0 Å². The molecule has 0 aliphatic heterocycles. The second-order valence-electron chi connectivity index (χ2n) is 6.89. The van der Waals surface area contributed by atoms with Crippen molar-refractivity contribution >= 4 is 21.8 Å². The van der Waals surface area contributed by atoms with Crippen LogP contribution in [0.5, 0.6) is 0 Å². The highest BCUT2D eigenvalue weighted by molar-refractivity contribution is 7.93. The van der Waals surface area contributed by atoms with Gasteiger partial charge in [0.05, 0.1) is 6.04 Å². The Morgan fingerprint density at radius 2 is 1.53 bits per heavy atom. The first-order valence-corrected chi connectivity index (χ1v) is 11.4. The predicted molar refractivity (Wildman–Crippen MR) is 115 cm³/mol. The third kappa shape index (κ3) is 8.91. The van der Waals surface area contributed by atoms with Gasteiger partial charge in [0.2, 0.25) is 5.91 Å². The number of rotatable bonds is 9. The second-order valence-corrected chi connectivity index (χ2v) is 8.82. The zero-order valence-electron chi connectivity index (χ0n) is 16.9. The molecule has 0 aromatic heterocycles. The molecule has 0 saturated carbocycles. The highest BCUT2D eigenvalue weighted by Gasteiger charge is 2.19. The van der Waals surface area contributed by atoms with E-state index < -0.39 is 33.9 Å². The molecule has 0 fully saturated rings. The van der Waals surface area contributed by atoms with Crippen molar-refractivity contribution in [1.82, 2.24) is 10.6 Å². The molecule has 0 aliphatic carbocycles. The van der Waals surface area contributed by atoms with Crippen molar-refractivity contribution in [2.24, 2.45) is 0 Å². The molecule has 2 rings (SSSR count). The van der Waals surface area contributed by atoms with Crippen LogP contribution in [0.3, 0.4) is 0 Å². The number of ether oxygens (including phenoxy) is 1. The monoisotopic (exact) mass is 430 g/mol. The third-order valence-electron chi connectivity index (χ3n) is 4.12. The second kappa shape index (κ2) is 11.2. The molecule has 2 aromatic carbocycles. The van der Waals surface area contributed by atoms with Gasteiger partial charge in [-0.3, -0.25) is 4.79 Å². The first kappa shape index (κ1) is 23.2. The number of sulfone groups is 1. The molecule has 2 amide bonds. The van der Waals surface area contributed by atoms with Gasteiger partial charge in [0.1, 0.15) is 12.6 Å². The van der Waals surface area contributed by atoms with Gasteiger partial charge in [-0.15, -0.1) is 0 Å². The summed E-state index contributed by atoms with van der Waals surface area (Å²) in [4.78, 5) is 24.5. The topological polar surface area (TPSA) is 102 Å². The Labute approximate surface area is 177 Å². The maximum atomic E-state index is 12.5. The summed E-state index contributed by atoms with van der Waals surface area (Å²) in [5.41, 5.74) is 1.77. The van der Waals surface area contributed by atoms with Crippen molar-refractivity contribution < 1.29 is 22.7 Å². The Hall–Kier alpha value is -3.13. The molecule has 2 aromatic rings. The largest absolute Gasteiger partial charge is 0.445 e. The molecule has 160 valence electrons. The van der Waals surface area contributed by atoms with E-state index >= 15 is 0 Å². The van der Waals surface area contributed by atoms with E-state index in [4.69, 9.17) is 4.74 Å². The van der Waals surface area contributed by atoms with Gasteiger partial charge in [-0.05, 0) is 24.5 Å². The predicted octanol–water partition coefficient (Wildman–Crippen LogP) is 2.59. The van der Waals surface area contributed by atoms with E-state index in [0.717, 1.165) is 22.8 Å². The molecule has 2 atom stereocenters. The number of hydrogen-bond acceptors (Lipinski definition) is 5. The van der Waals surface area contributed by atoms with Crippen LogP contribution in [-0.4, -0.2) is 38.8 Å². The normalized spacial score (nSPS) is 13.4. The smallest absolute Gasteiger partial charge is 0.408 e. The molecular formula is C22H26N2O5S. The number of amides is 2. The SMILES string of the molecule is CC(NC(=O)OCc1ccccc1)C(=O)NC(/C=C/S(C)(=O)=O)Cc1ccccc1. The zero-order valence-corrected chi connectivity index (χ0v) is 17.8. The fourth-order valence-corrected chi connectivity index (χ4v) is 3.06. The van der Waals surface area contributed by atoms with E-state index in [1.807, 2.05) is 60.7 Å². The quantitative estimate of drug-likeness (QED) is 0.637. The summed E-state index contributed by atoms with van der Waals surface area (Å²) in [6, 6.07) is 17.1. The van der Waals surface area contributed by atoms with E-state index in [9.17, 15) is 18.0 Å². The number of hydrogen-bond donors (Lipinski definition) is 2. The minimum atomic E-state index is -3.34. The van der Waals surface area contributed by atoms with Crippen LogP contribution in [0.15, 0.2) is 72.1 Å². The van der Waals surface area contributed by atoms with E-state index in [2.05, 4.69) is 10.6 Å². The van der Waals surface area contributed by atoms with Gasteiger partial charge in [0, 0.05) is 11.7 Å². The molecule has 0 radical (unpaired) electrons. The van der Waals surface area contributed by atoms with E-state index in [0.29, 0.717) is 6.42 Å². The molecule has 0 spiro atoms. The van der Waals surface area contributed by atoms with Crippen LogP contribution in [0.4, 0.5) is 4.79 Å². The summed E-state index contributed by atoms with van der Waals surface area (Å²) in [5.74, 6) is -0.453. The highest BCUT2D eigenvalue weighted by atomic mass is 32.2. The first-order chi connectivity index (χ1) is 14.2. The Morgan fingerprint density at radius 1 is 0.967 bits per heavy atom. The van der Waals surface area contributed by atoms with Gasteiger partial charge in [-0.25, -0.2) is 13.2 Å². The molecule has 7 nitrogen and oxygen atoms in total. The maximum absolute atomic E-state index is 12.5. The van der Waals surface area contributed by atoms with Crippen molar-refractivity contribution in [3.63, 3.8) is 0 Å². The van der Waals surface area contributed by atoms with Crippen LogP contribution >= 0.6 is 0 Å². The lowest BCUT2D eigenvalue weighted by Gasteiger charge is -2.19. The summed E-state index contributed by atoms with van der Waals surface area (Å²) >= 11 is 0. The Kier molecular flexibility index (Phi) is 8.61. The third-order valence-corrected chi connectivity index (χ3v) is 4.78. The molecular weight excluding hydrogens is 404 g/mol. The molecule has 0 heterocycles. The number of benzene rings is 2. The van der Waals surface area contributed by atoms with Crippen LogP contribution in [0.2, 0.25) is 0 Å². The highest BCUT2D eigenvalue weighted by Crippen LogP contribution is 2.06. The fraction of sp³-hybridized carbons (Fsp3) is 0.273. The summed E-state index contributed by atoms with van der Waals surface area (Å²) in [6.45, 7) is 1.62. The summed E-state index contributed by atoms with van der Waals surface area (Å²) in [7, 11) is -3.34. The van der Waals surface area contributed by atoms with Gasteiger partial charge in [-0.1, -0.05) is 66.7 Å². The van der Waals surface area contributed by atoms with E-state index in [1.54, 1.807) is 0 Å². The van der Waals surface area contributed by atoms with Crippen molar-refractivity contribution in [2.75, 3.05) is 6.26 Å². The molecule has 2 N–H and O–H groups in total. The average molecular weight is 431 g/mol. The summed E-state index contributed by atoms with van der Waals surface area (Å²) in [5, 5.41) is 6.30. The molecule has 0 aliphatic rings. The molecule has 30 heavy (non-hydrogen) atoms. The summed E-state index contributed by atoms with van der Waals surface area (Å²) < 4.78 is 28.1. The number of alkyl carbamates (subject to hydrolysis) is 1. The van der Waals surface area contributed by atoms with Gasteiger partial charge in [0.25, 0.3) is 0 Å². The maximum Gasteiger partial charge on any atom is 0.408 e. The lowest BCUT2D eigenvalue weighted by Crippen LogP contribution is -2.48. The summed E-state index contributed by atoms with van der Waals surface area (Å²) in [6.07, 6.45) is 2.20. The van der Waals surface area contributed by atoms with Crippen LogP contribution in [0.25, 0.3) is 0 Å². The van der Waals surface area contributed by atoms with Gasteiger partial charge < -0.3 is 15.4 Å². The van der Waals surface area contributed by atoms with E-state index in [-0.39, 0.29) is 6.61 Å². The average Bonchev–Trinajstić information content (AvgIpc) is 2.71. The standard InChI is InChI=1S/C22H26N2O5S/c1-17(23-22(26)29-16-19-11-7-4-8-12-19)21(25)24-20(13-14-30(2,27)28)15-18-9-5-3-6-10-18/h3-14,17,20H,15-16H2,1-2H3,(H,23,26)(H,24,25)/b14-13+.